The second-order valence-electron chi connectivity index (χ2n) is 4.23. The van der Waals surface area contributed by atoms with Crippen LogP contribution in [-0.2, 0) is 5.41 Å². The maximum atomic E-state index is 4.10. The Kier molecular flexibility index (Phi) is 1.62. The van der Waals surface area contributed by atoms with Crippen LogP contribution >= 0.6 is 0 Å². The first kappa shape index (κ1) is 8.23. The first-order chi connectivity index (χ1) is 6.09. The van der Waals surface area contributed by atoms with Gasteiger partial charge in [-0.25, -0.2) is 0 Å². The highest BCUT2D eigenvalue weighted by molar-refractivity contribution is 5.49. The molecule has 13 heavy (non-hydrogen) atoms. The Bertz CT molecular complexity index is 423. The van der Waals surface area contributed by atoms with Gasteiger partial charge in [-0.15, -0.1) is 10.2 Å². The van der Waals surface area contributed by atoms with E-state index in [-0.39, 0.29) is 5.41 Å². The summed E-state index contributed by atoms with van der Waals surface area (Å²) in [5, 5.41) is 7.99. The quantitative estimate of drug-likeness (QED) is 0.613. The van der Waals surface area contributed by atoms with Gasteiger partial charge in [-0.3, -0.25) is 4.40 Å². The monoisotopic (exact) mass is 175 g/mol. The summed E-state index contributed by atoms with van der Waals surface area (Å²) < 4.78 is 1.95. The van der Waals surface area contributed by atoms with Crippen molar-refractivity contribution in [1.82, 2.24) is 14.6 Å². The molecule has 0 saturated carbocycles. The first-order valence-electron chi connectivity index (χ1n) is 4.38. The van der Waals surface area contributed by atoms with Crippen LogP contribution in [0.15, 0.2) is 24.7 Å². The number of hydrogen-bond donors (Lipinski definition) is 0. The number of fused-ring (bicyclic) bond motifs is 1. The molecule has 0 aliphatic rings. The van der Waals surface area contributed by atoms with Crippen molar-refractivity contribution in [2.24, 2.45) is 0 Å². The summed E-state index contributed by atoms with van der Waals surface area (Å²) in [6.45, 7) is 6.53. The molecule has 2 rings (SSSR count). The molecule has 0 amide bonds. The maximum Gasteiger partial charge on any atom is 0.164 e. The third kappa shape index (κ3) is 1.30. The number of pyridine rings is 1. The predicted octanol–water partition coefficient (Wildman–Crippen LogP) is 2.03. The molecule has 0 radical (unpaired) electrons. The zero-order valence-corrected chi connectivity index (χ0v) is 8.15. The fourth-order valence-corrected chi connectivity index (χ4v) is 1.44. The van der Waals surface area contributed by atoms with Gasteiger partial charge in [-0.2, -0.15) is 0 Å². The Hall–Kier alpha value is -1.38. The Balaban J connectivity index is 2.75. The van der Waals surface area contributed by atoms with Crippen LogP contribution in [0.4, 0.5) is 0 Å². The average molecular weight is 175 g/mol. The molecule has 2 aromatic heterocycles. The van der Waals surface area contributed by atoms with Crippen molar-refractivity contribution in [2.75, 3.05) is 0 Å². The lowest BCUT2D eigenvalue weighted by Gasteiger charge is -2.18. The summed E-state index contributed by atoms with van der Waals surface area (Å²) in [4.78, 5) is 0. The Morgan fingerprint density at radius 3 is 2.77 bits per heavy atom. The van der Waals surface area contributed by atoms with Crippen molar-refractivity contribution >= 4 is 5.65 Å². The van der Waals surface area contributed by atoms with E-state index in [2.05, 4.69) is 37.0 Å². The Morgan fingerprint density at radius 2 is 2.08 bits per heavy atom. The van der Waals surface area contributed by atoms with Gasteiger partial charge in [0.15, 0.2) is 5.65 Å². The largest absolute Gasteiger partial charge is 0.289 e. The fraction of sp³-hybridized carbons (Fsp3) is 0.400. The molecule has 0 spiro atoms. The number of hydrogen-bond acceptors (Lipinski definition) is 2. The molecule has 0 atom stereocenters. The van der Waals surface area contributed by atoms with Gasteiger partial charge in [0.1, 0.15) is 6.33 Å². The van der Waals surface area contributed by atoms with Gasteiger partial charge in [0.25, 0.3) is 0 Å². The van der Waals surface area contributed by atoms with E-state index in [1.165, 1.54) is 5.56 Å². The van der Waals surface area contributed by atoms with Gasteiger partial charge in [0.2, 0.25) is 0 Å². The van der Waals surface area contributed by atoms with Gasteiger partial charge in [0, 0.05) is 11.8 Å². The molecule has 0 saturated heterocycles. The summed E-state index contributed by atoms with van der Waals surface area (Å²) in [5.41, 5.74) is 2.30. The number of aromatic nitrogens is 3. The van der Waals surface area contributed by atoms with Crippen molar-refractivity contribution < 1.29 is 0 Å². The number of nitrogens with zero attached hydrogens (tertiary/aromatic N) is 3. The fourth-order valence-electron chi connectivity index (χ4n) is 1.44. The summed E-state index contributed by atoms with van der Waals surface area (Å²) in [6, 6.07) is 4.13. The van der Waals surface area contributed by atoms with Crippen molar-refractivity contribution in [2.45, 2.75) is 26.2 Å². The van der Waals surface area contributed by atoms with E-state index in [1.807, 2.05) is 16.7 Å². The third-order valence-corrected chi connectivity index (χ3v) is 2.13. The van der Waals surface area contributed by atoms with E-state index in [9.17, 15) is 0 Å². The lowest BCUT2D eigenvalue weighted by molar-refractivity contribution is 0.591. The standard InChI is InChI=1S/C10H13N3/c1-10(2,3)8-5-4-6-13-7-11-12-9(8)13/h4-7H,1-3H3. The zero-order chi connectivity index (χ0) is 9.47. The van der Waals surface area contributed by atoms with Crippen LogP contribution in [0.3, 0.4) is 0 Å². The molecular formula is C10H13N3. The Labute approximate surface area is 77.4 Å². The molecule has 2 aromatic rings. The molecule has 0 bridgehead atoms. The molecule has 0 aliphatic carbocycles. The first-order valence-corrected chi connectivity index (χ1v) is 4.38. The van der Waals surface area contributed by atoms with Crippen LogP contribution < -0.4 is 0 Å². The molecule has 0 N–H and O–H groups in total. The minimum atomic E-state index is 0.121. The zero-order valence-electron chi connectivity index (χ0n) is 8.15. The minimum absolute atomic E-state index is 0.121. The predicted molar refractivity (Wildman–Crippen MR) is 51.7 cm³/mol. The van der Waals surface area contributed by atoms with Crippen LogP contribution in [0, 0.1) is 0 Å². The van der Waals surface area contributed by atoms with Crippen molar-refractivity contribution in [3.8, 4) is 0 Å². The highest BCUT2D eigenvalue weighted by Crippen LogP contribution is 2.24. The summed E-state index contributed by atoms with van der Waals surface area (Å²) >= 11 is 0. The van der Waals surface area contributed by atoms with E-state index in [0.717, 1.165) is 5.65 Å². The highest BCUT2D eigenvalue weighted by Gasteiger charge is 2.17. The van der Waals surface area contributed by atoms with E-state index in [4.69, 9.17) is 0 Å². The normalized spacial score (nSPS) is 12.2. The topological polar surface area (TPSA) is 30.2 Å². The van der Waals surface area contributed by atoms with Crippen LogP contribution in [-0.4, -0.2) is 14.6 Å². The van der Waals surface area contributed by atoms with Crippen LogP contribution in [0.25, 0.3) is 5.65 Å². The van der Waals surface area contributed by atoms with Crippen molar-refractivity contribution in [3.05, 3.63) is 30.2 Å². The molecule has 3 nitrogen and oxygen atoms in total. The Morgan fingerprint density at radius 1 is 1.31 bits per heavy atom. The molecular weight excluding hydrogens is 162 g/mol. The minimum Gasteiger partial charge on any atom is -0.289 e. The van der Waals surface area contributed by atoms with Gasteiger partial charge in [0.05, 0.1) is 0 Å². The summed E-state index contributed by atoms with van der Waals surface area (Å²) in [7, 11) is 0. The van der Waals surface area contributed by atoms with Gasteiger partial charge in [-0.05, 0) is 11.5 Å². The van der Waals surface area contributed by atoms with Crippen LogP contribution in [0.5, 0.6) is 0 Å². The second kappa shape index (κ2) is 2.55. The van der Waals surface area contributed by atoms with E-state index >= 15 is 0 Å². The average Bonchev–Trinajstić information content (AvgIpc) is 2.48. The summed E-state index contributed by atoms with van der Waals surface area (Å²) in [6.07, 6.45) is 3.69. The van der Waals surface area contributed by atoms with Gasteiger partial charge in [-0.1, -0.05) is 26.8 Å². The van der Waals surface area contributed by atoms with Crippen LogP contribution in [0.1, 0.15) is 26.3 Å². The molecule has 2 heterocycles. The summed E-state index contributed by atoms with van der Waals surface area (Å²) in [5.74, 6) is 0. The molecule has 68 valence electrons. The third-order valence-electron chi connectivity index (χ3n) is 2.13. The molecule has 3 heteroatoms. The lowest BCUT2D eigenvalue weighted by atomic mass is 9.88. The second-order valence-corrected chi connectivity index (χ2v) is 4.23. The van der Waals surface area contributed by atoms with Crippen molar-refractivity contribution in [1.29, 1.82) is 0 Å². The molecule has 0 unspecified atom stereocenters. The maximum absolute atomic E-state index is 4.10. The lowest BCUT2D eigenvalue weighted by Crippen LogP contribution is -2.12. The number of rotatable bonds is 0. The van der Waals surface area contributed by atoms with E-state index in [1.54, 1.807) is 6.33 Å². The highest BCUT2D eigenvalue weighted by atomic mass is 15.2. The SMILES string of the molecule is CC(C)(C)c1cccn2cnnc12. The molecule has 0 aromatic carbocycles. The van der Waals surface area contributed by atoms with Crippen molar-refractivity contribution in [3.63, 3.8) is 0 Å². The van der Waals surface area contributed by atoms with E-state index < -0.39 is 0 Å². The van der Waals surface area contributed by atoms with Gasteiger partial charge >= 0.3 is 0 Å². The van der Waals surface area contributed by atoms with Crippen LogP contribution in [0.2, 0.25) is 0 Å². The smallest absolute Gasteiger partial charge is 0.164 e. The molecule has 0 aliphatic heterocycles. The van der Waals surface area contributed by atoms with E-state index in [0.29, 0.717) is 0 Å². The van der Waals surface area contributed by atoms with Gasteiger partial charge < -0.3 is 0 Å². The molecule has 0 fully saturated rings.